The van der Waals surface area contributed by atoms with Gasteiger partial charge in [-0.05, 0) is 57.3 Å². The van der Waals surface area contributed by atoms with E-state index in [2.05, 4.69) is 41.5 Å². The maximum Gasteiger partial charge on any atom is 0.119 e. The summed E-state index contributed by atoms with van der Waals surface area (Å²) in [6, 6.07) is 11.3. The molecule has 0 saturated carbocycles. The maximum absolute atomic E-state index is 10.0. The third-order valence-electron chi connectivity index (χ3n) is 4.28. The van der Waals surface area contributed by atoms with Crippen molar-refractivity contribution in [1.82, 2.24) is 0 Å². The minimum absolute atomic E-state index is 0.112. The van der Waals surface area contributed by atoms with E-state index in [0.29, 0.717) is 24.7 Å². The molecule has 0 aliphatic carbocycles. The molecule has 0 spiro atoms. The highest BCUT2D eigenvalue weighted by Gasteiger charge is 2.19. The number of benzene rings is 2. The van der Waals surface area contributed by atoms with Gasteiger partial charge in [-0.2, -0.15) is 0 Å². The van der Waals surface area contributed by atoms with Gasteiger partial charge in [0.05, 0.1) is 13.2 Å². The van der Waals surface area contributed by atoms with Crippen molar-refractivity contribution < 1.29 is 14.9 Å². The third-order valence-corrected chi connectivity index (χ3v) is 4.28. The highest BCUT2D eigenvalue weighted by atomic mass is 16.5. The minimum atomic E-state index is -0.112. The van der Waals surface area contributed by atoms with Crippen molar-refractivity contribution in [3.05, 3.63) is 58.7 Å². The van der Waals surface area contributed by atoms with Gasteiger partial charge in [0.1, 0.15) is 11.5 Å². The second-order valence-corrected chi connectivity index (χ2v) is 8.70. The van der Waals surface area contributed by atoms with Crippen LogP contribution < -0.4 is 0 Å². The molecular formula is C22H30O3. The molecule has 2 aromatic carbocycles. The number of hydrogen-bond acceptors (Lipinski definition) is 3. The first-order valence-electron chi connectivity index (χ1n) is 8.71. The van der Waals surface area contributed by atoms with Crippen LogP contribution in [-0.4, -0.2) is 10.2 Å². The fraction of sp³-hybridized carbons (Fsp3) is 0.455. The SMILES string of the molecule is CC(C)(C)c1cc(COCc2ccc(O)c(C(C)(C)C)c2)ccc1O. The van der Waals surface area contributed by atoms with Crippen LogP contribution in [0.25, 0.3) is 0 Å². The zero-order valence-electron chi connectivity index (χ0n) is 16.2. The standard InChI is InChI=1S/C22H30O3/c1-21(2,3)17-11-15(7-9-19(17)23)13-25-14-16-8-10-20(24)18(12-16)22(4,5)6/h7-12,23-24H,13-14H2,1-6H3. The summed E-state index contributed by atoms with van der Waals surface area (Å²) in [6.07, 6.45) is 0. The Morgan fingerprint density at radius 3 is 1.36 bits per heavy atom. The molecule has 0 amide bonds. The van der Waals surface area contributed by atoms with Crippen LogP contribution in [0.15, 0.2) is 36.4 Å². The van der Waals surface area contributed by atoms with E-state index >= 15 is 0 Å². The highest BCUT2D eigenvalue weighted by Crippen LogP contribution is 2.32. The van der Waals surface area contributed by atoms with Crippen LogP contribution in [0.2, 0.25) is 0 Å². The summed E-state index contributed by atoms with van der Waals surface area (Å²) in [4.78, 5) is 0. The largest absolute Gasteiger partial charge is 0.508 e. The molecule has 0 saturated heterocycles. The molecule has 0 radical (unpaired) electrons. The van der Waals surface area contributed by atoms with Gasteiger partial charge < -0.3 is 14.9 Å². The summed E-state index contributed by atoms with van der Waals surface area (Å²) < 4.78 is 5.86. The molecule has 2 aromatic rings. The highest BCUT2D eigenvalue weighted by molar-refractivity contribution is 5.41. The van der Waals surface area contributed by atoms with Crippen molar-refractivity contribution in [3.63, 3.8) is 0 Å². The first-order chi connectivity index (χ1) is 11.5. The Balaban J connectivity index is 2.07. The molecule has 2 N–H and O–H groups in total. The number of phenolic OH excluding ortho intramolecular Hbond substituents is 2. The van der Waals surface area contributed by atoms with Gasteiger partial charge in [-0.15, -0.1) is 0 Å². The lowest BCUT2D eigenvalue weighted by Crippen LogP contribution is -2.12. The second-order valence-electron chi connectivity index (χ2n) is 8.70. The van der Waals surface area contributed by atoms with Gasteiger partial charge in [0, 0.05) is 0 Å². The van der Waals surface area contributed by atoms with Crippen LogP contribution >= 0.6 is 0 Å². The van der Waals surface area contributed by atoms with E-state index in [1.165, 1.54) is 0 Å². The molecule has 0 aliphatic rings. The number of rotatable bonds is 4. The van der Waals surface area contributed by atoms with Crippen LogP contribution in [0.1, 0.15) is 63.8 Å². The van der Waals surface area contributed by atoms with Crippen LogP contribution in [-0.2, 0) is 28.8 Å². The lowest BCUT2D eigenvalue weighted by molar-refractivity contribution is 0.107. The van der Waals surface area contributed by atoms with E-state index < -0.39 is 0 Å². The number of ether oxygens (including phenoxy) is 1. The normalized spacial score (nSPS) is 12.4. The fourth-order valence-electron chi connectivity index (χ4n) is 2.83. The van der Waals surface area contributed by atoms with Gasteiger partial charge in [0.25, 0.3) is 0 Å². The van der Waals surface area contributed by atoms with Crippen molar-refractivity contribution >= 4 is 0 Å². The maximum atomic E-state index is 10.0. The molecule has 136 valence electrons. The van der Waals surface area contributed by atoms with Crippen LogP contribution in [0, 0.1) is 0 Å². The Bertz CT molecular complexity index is 670. The lowest BCUT2D eigenvalue weighted by Gasteiger charge is -2.22. The number of phenols is 2. The Hall–Kier alpha value is -2.00. The van der Waals surface area contributed by atoms with Gasteiger partial charge in [-0.3, -0.25) is 0 Å². The van der Waals surface area contributed by atoms with E-state index in [1.807, 2.05) is 24.3 Å². The predicted molar refractivity (Wildman–Crippen MR) is 102 cm³/mol. The van der Waals surface area contributed by atoms with Gasteiger partial charge in [-0.25, -0.2) is 0 Å². The number of aromatic hydroxyl groups is 2. The summed E-state index contributed by atoms with van der Waals surface area (Å²) >= 11 is 0. The zero-order chi connectivity index (χ0) is 18.8. The van der Waals surface area contributed by atoms with Gasteiger partial charge in [-0.1, -0.05) is 53.7 Å². The molecule has 3 nitrogen and oxygen atoms in total. The monoisotopic (exact) mass is 342 g/mol. The van der Waals surface area contributed by atoms with Crippen LogP contribution in [0.5, 0.6) is 11.5 Å². The molecule has 0 bridgehead atoms. The molecule has 0 heterocycles. The van der Waals surface area contributed by atoms with Crippen molar-refractivity contribution in [1.29, 1.82) is 0 Å². The summed E-state index contributed by atoms with van der Waals surface area (Å²) in [7, 11) is 0. The van der Waals surface area contributed by atoms with E-state index in [4.69, 9.17) is 4.74 Å². The molecule has 0 unspecified atom stereocenters. The summed E-state index contributed by atoms with van der Waals surface area (Å²) in [5.74, 6) is 0.647. The van der Waals surface area contributed by atoms with Crippen molar-refractivity contribution in [2.24, 2.45) is 0 Å². The average molecular weight is 342 g/mol. The quantitative estimate of drug-likeness (QED) is 0.781. The molecule has 3 heteroatoms. The van der Waals surface area contributed by atoms with Crippen molar-refractivity contribution in [3.8, 4) is 11.5 Å². The topological polar surface area (TPSA) is 49.7 Å². The zero-order valence-corrected chi connectivity index (χ0v) is 16.2. The summed E-state index contributed by atoms with van der Waals surface area (Å²) in [5, 5.41) is 20.1. The van der Waals surface area contributed by atoms with Crippen LogP contribution in [0.4, 0.5) is 0 Å². The van der Waals surface area contributed by atoms with Crippen molar-refractivity contribution in [2.45, 2.75) is 65.6 Å². The predicted octanol–water partition coefficient (Wildman–Crippen LogP) is 5.41. The minimum Gasteiger partial charge on any atom is -0.508 e. The molecule has 0 atom stereocenters. The Kier molecular flexibility index (Phi) is 5.48. The van der Waals surface area contributed by atoms with E-state index in [9.17, 15) is 10.2 Å². The third kappa shape index (κ3) is 4.99. The summed E-state index contributed by atoms with van der Waals surface area (Å²) in [6.45, 7) is 13.4. The fourth-order valence-corrected chi connectivity index (χ4v) is 2.83. The van der Waals surface area contributed by atoms with Gasteiger partial charge >= 0.3 is 0 Å². The van der Waals surface area contributed by atoms with E-state index in [0.717, 1.165) is 22.3 Å². The summed E-state index contributed by atoms with van der Waals surface area (Å²) in [5.41, 5.74) is 3.70. The van der Waals surface area contributed by atoms with E-state index in [-0.39, 0.29) is 10.8 Å². The van der Waals surface area contributed by atoms with Crippen molar-refractivity contribution in [2.75, 3.05) is 0 Å². The Morgan fingerprint density at radius 1 is 0.680 bits per heavy atom. The van der Waals surface area contributed by atoms with Gasteiger partial charge in [0.15, 0.2) is 0 Å². The Labute approximate surface area is 151 Å². The molecule has 0 aliphatic heterocycles. The Morgan fingerprint density at radius 2 is 1.04 bits per heavy atom. The number of hydrogen-bond donors (Lipinski definition) is 2. The molecule has 0 aromatic heterocycles. The molecule has 0 fully saturated rings. The second kappa shape index (κ2) is 7.09. The average Bonchev–Trinajstić information content (AvgIpc) is 2.48. The molecule has 25 heavy (non-hydrogen) atoms. The van der Waals surface area contributed by atoms with Gasteiger partial charge in [0.2, 0.25) is 0 Å². The molecule has 2 rings (SSSR count). The smallest absolute Gasteiger partial charge is 0.119 e. The first-order valence-corrected chi connectivity index (χ1v) is 8.71. The first kappa shape index (κ1) is 19.3. The van der Waals surface area contributed by atoms with E-state index in [1.54, 1.807) is 12.1 Å². The molecular weight excluding hydrogens is 312 g/mol. The lowest BCUT2D eigenvalue weighted by atomic mass is 9.85. The van der Waals surface area contributed by atoms with Crippen LogP contribution in [0.3, 0.4) is 0 Å².